The number of hydrogen-bond donors (Lipinski definition) is 3. The Labute approximate surface area is 239 Å². The second-order valence-corrected chi connectivity index (χ2v) is 11.5. The van der Waals surface area contributed by atoms with Gasteiger partial charge in [-0.05, 0) is 51.9 Å². The smallest absolute Gasteiger partial charge is 0.407 e. The minimum Gasteiger partial charge on any atom is -0.465 e. The van der Waals surface area contributed by atoms with Crippen LogP contribution in [0, 0.1) is 0 Å². The van der Waals surface area contributed by atoms with E-state index >= 15 is 0 Å². The first-order chi connectivity index (χ1) is 19.4. The number of carbonyl (C=O) groups is 3. The number of carbonyl (C=O) groups excluding carboxylic acids is 2. The van der Waals surface area contributed by atoms with Crippen molar-refractivity contribution in [3.05, 3.63) is 95.1 Å². The van der Waals surface area contributed by atoms with Crippen LogP contribution in [0.3, 0.4) is 0 Å². The van der Waals surface area contributed by atoms with E-state index in [2.05, 4.69) is 50.2 Å². The molecule has 0 saturated carbocycles. The highest BCUT2D eigenvalue weighted by Crippen LogP contribution is 2.36. The molecule has 214 valence electrons. The molecule has 2 heterocycles. The third-order valence-electron chi connectivity index (χ3n) is 7.54. The fraction of sp³-hybridized carbons (Fsp3) is 0.312. The second kappa shape index (κ2) is 11.8. The Morgan fingerprint density at radius 3 is 1.61 bits per heavy atom. The SMILES string of the molecule is CC(C)(C)c1ccc(C2=NOC3(CCN(C(=O)O)CC3)C2)cc1.NC(=O)c1ccc(-c2ccc(C(N)=O)cc2)cc1. The van der Waals surface area contributed by atoms with Crippen molar-refractivity contribution >= 4 is 23.6 Å². The number of oxime groups is 1. The Kier molecular flexibility index (Phi) is 8.47. The van der Waals surface area contributed by atoms with Crippen LogP contribution in [0.1, 0.15) is 71.9 Å². The van der Waals surface area contributed by atoms with Crippen molar-refractivity contribution < 1.29 is 24.3 Å². The van der Waals surface area contributed by atoms with E-state index in [9.17, 15) is 14.4 Å². The summed E-state index contributed by atoms with van der Waals surface area (Å²) in [6.07, 6.45) is 1.31. The Balaban J connectivity index is 0.000000195. The van der Waals surface area contributed by atoms with Crippen molar-refractivity contribution in [3.8, 4) is 11.1 Å². The first kappa shape index (κ1) is 29.3. The Bertz CT molecular complexity index is 1380. The first-order valence-corrected chi connectivity index (χ1v) is 13.5. The van der Waals surface area contributed by atoms with Crippen LogP contribution in [0.4, 0.5) is 4.79 Å². The van der Waals surface area contributed by atoms with E-state index in [0.29, 0.717) is 37.1 Å². The summed E-state index contributed by atoms with van der Waals surface area (Å²) in [5, 5.41) is 13.3. The average molecular weight is 557 g/mol. The molecule has 41 heavy (non-hydrogen) atoms. The van der Waals surface area contributed by atoms with Gasteiger partial charge < -0.3 is 26.3 Å². The molecule has 1 fully saturated rings. The molecule has 0 aromatic heterocycles. The van der Waals surface area contributed by atoms with Gasteiger partial charge >= 0.3 is 6.09 Å². The summed E-state index contributed by atoms with van der Waals surface area (Å²) in [5.74, 6) is -0.906. The fourth-order valence-electron chi connectivity index (χ4n) is 4.87. The van der Waals surface area contributed by atoms with Crippen LogP contribution in [-0.4, -0.2) is 52.3 Å². The number of benzene rings is 3. The van der Waals surface area contributed by atoms with Gasteiger partial charge in [0, 0.05) is 43.5 Å². The van der Waals surface area contributed by atoms with Gasteiger partial charge in [0.05, 0.1) is 5.71 Å². The minimum absolute atomic E-state index is 0.136. The predicted molar refractivity (Wildman–Crippen MR) is 158 cm³/mol. The Morgan fingerprint density at radius 2 is 1.22 bits per heavy atom. The third-order valence-corrected chi connectivity index (χ3v) is 7.54. The monoisotopic (exact) mass is 556 g/mol. The molecule has 0 radical (unpaired) electrons. The van der Waals surface area contributed by atoms with E-state index in [1.165, 1.54) is 10.5 Å². The highest BCUT2D eigenvalue weighted by Gasteiger charge is 2.43. The fourth-order valence-corrected chi connectivity index (χ4v) is 4.87. The number of likely N-dealkylation sites (tertiary alicyclic amines) is 1. The molecule has 9 heteroatoms. The predicted octanol–water partition coefficient (Wildman–Crippen LogP) is 5.17. The standard InChI is InChI=1S/C18H24N2O3.C14H12N2O2/c1-17(2,3)14-6-4-13(5-7-14)15-12-18(23-19-15)8-10-20(11-9-18)16(21)22;15-13(17)11-5-1-9(2-6-11)10-3-7-12(8-4-10)14(16)18/h4-7H,8-12H2,1-3H3,(H,21,22);1-8H,(H2,15,17)(H2,16,18). The maximum absolute atomic E-state index is 11.0. The van der Waals surface area contributed by atoms with Gasteiger partial charge in [-0.15, -0.1) is 0 Å². The Morgan fingerprint density at radius 1 is 0.780 bits per heavy atom. The zero-order chi connectivity index (χ0) is 29.8. The van der Waals surface area contributed by atoms with Crippen molar-refractivity contribution in [1.82, 2.24) is 4.90 Å². The number of carboxylic acid groups (broad SMARTS) is 1. The molecule has 5 N–H and O–H groups in total. The number of nitrogens with two attached hydrogens (primary N) is 2. The van der Waals surface area contributed by atoms with Crippen molar-refractivity contribution in [1.29, 1.82) is 0 Å². The van der Waals surface area contributed by atoms with Gasteiger partial charge in [-0.2, -0.15) is 0 Å². The maximum Gasteiger partial charge on any atom is 0.407 e. The topological polar surface area (TPSA) is 148 Å². The maximum atomic E-state index is 11.0. The number of piperidine rings is 1. The number of nitrogens with zero attached hydrogens (tertiary/aromatic N) is 2. The average Bonchev–Trinajstić information content (AvgIpc) is 3.36. The van der Waals surface area contributed by atoms with Crippen molar-refractivity contribution in [2.24, 2.45) is 16.6 Å². The van der Waals surface area contributed by atoms with Crippen LogP contribution >= 0.6 is 0 Å². The van der Waals surface area contributed by atoms with Crippen LogP contribution in [0.15, 0.2) is 78.0 Å². The second-order valence-electron chi connectivity index (χ2n) is 11.5. The van der Waals surface area contributed by atoms with Gasteiger partial charge in [-0.25, -0.2) is 4.79 Å². The summed E-state index contributed by atoms with van der Waals surface area (Å²) in [4.78, 5) is 40.1. The molecule has 3 amide bonds. The molecule has 1 spiro atoms. The van der Waals surface area contributed by atoms with Gasteiger partial charge in [0.1, 0.15) is 5.60 Å². The number of primary amides is 2. The molecule has 9 nitrogen and oxygen atoms in total. The van der Waals surface area contributed by atoms with Gasteiger partial charge in [-0.1, -0.05) is 74.5 Å². The van der Waals surface area contributed by atoms with Gasteiger partial charge in [0.25, 0.3) is 0 Å². The van der Waals surface area contributed by atoms with Crippen molar-refractivity contribution in [3.63, 3.8) is 0 Å². The lowest BCUT2D eigenvalue weighted by molar-refractivity contribution is -0.0576. The normalized spacial score (nSPS) is 15.8. The lowest BCUT2D eigenvalue weighted by atomic mass is 9.84. The van der Waals surface area contributed by atoms with E-state index in [1.807, 2.05) is 0 Å². The van der Waals surface area contributed by atoms with Gasteiger partial charge in [0.2, 0.25) is 11.8 Å². The van der Waals surface area contributed by atoms with Crippen molar-refractivity contribution in [2.75, 3.05) is 13.1 Å². The third kappa shape index (κ3) is 7.11. The molecule has 0 aliphatic carbocycles. The van der Waals surface area contributed by atoms with Crippen LogP contribution in [-0.2, 0) is 10.3 Å². The zero-order valence-corrected chi connectivity index (χ0v) is 23.6. The quantitative estimate of drug-likeness (QED) is 0.405. The Hall–Kier alpha value is -4.66. The van der Waals surface area contributed by atoms with E-state index in [0.717, 1.165) is 28.8 Å². The van der Waals surface area contributed by atoms with Crippen LogP contribution < -0.4 is 11.5 Å². The summed E-state index contributed by atoms with van der Waals surface area (Å²) < 4.78 is 0. The number of rotatable bonds is 4. The minimum atomic E-state index is -0.850. The first-order valence-electron chi connectivity index (χ1n) is 13.5. The lowest BCUT2D eigenvalue weighted by Crippen LogP contribution is -2.46. The van der Waals surface area contributed by atoms with Crippen LogP contribution in [0.2, 0.25) is 0 Å². The van der Waals surface area contributed by atoms with E-state index in [1.54, 1.807) is 48.5 Å². The van der Waals surface area contributed by atoms with E-state index in [-0.39, 0.29) is 11.0 Å². The molecule has 0 unspecified atom stereocenters. The largest absolute Gasteiger partial charge is 0.465 e. The summed E-state index contributed by atoms with van der Waals surface area (Å²) >= 11 is 0. The van der Waals surface area contributed by atoms with Crippen LogP contribution in [0.5, 0.6) is 0 Å². The van der Waals surface area contributed by atoms with E-state index in [4.69, 9.17) is 21.4 Å². The highest BCUT2D eigenvalue weighted by molar-refractivity contribution is 6.01. The van der Waals surface area contributed by atoms with E-state index < -0.39 is 17.9 Å². The highest BCUT2D eigenvalue weighted by atomic mass is 16.7. The molecular formula is C32H36N4O5. The zero-order valence-electron chi connectivity index (χ0n) is 23.6. The lowest BCUT2D eigenvalue weighted by Gasteiger charge is -2.35. The van der Waals surface area contributed by atoms with Gasteiger partial charge in [0.15, 0.2) is 0 Å². The molecule has 0 bridgehead atoms. The summed E-state index contributed by atoms with van der Waals surface area (Å²) in [6.45, 7) is 7.62. The molecule has 0 atom stereocenters. The summed E-state index contributed by atoms with van der Waals surface area (Å²) in [5.41, 5.74) is 16.3. The molecule has 3 aromatic carbocycles. The number of hydrogen-bond acceptors (Lipinski definition) is 5. The van der Waals surface area contributed by atoms with Crippen molar-refractivity contribution in [2.45, 2.75) is 51.0 Å². The van der Waals surface area contributed by atoms with Gasteiger partial charge in [-0.3, -0.25) is 9.59 Å². The molecule has 3 aromatic rings. The number of amides is 3. The summed E-state index contributed by atoms with van der Waals surface area (Å²) in [6, 6.07) is 22.4. The molecular weight excluding hydrogens is 520 g/mol. The molecule has 1 saturated heterocycles. The molecule has 2 aliphatic heterocycles. The van der Waals surface area contributed by atoms with Crippen LogP contribution in [0.25, 0.3) is 11.1 Å². The summed E-state index contributed by atoms with van der Waals surface area (Å²) in [7, 11) is 0. The molecule has 2 aliphatic rings. The molecule has 5 rings (SSSR count).